The topological polar surface area (TPSA) is 72.5 Å². The Morgan fingerprint density at radius 3 is 2.39 bits per heavy atom. The van der Waals surface area contributed by atoms with Crippen LogP contribution in [0, 0.1) is 0 Å². The molecule has 0 saturated heterocycles. The predicted octanol–water partition coefficient (Wildman–Crippen LogP) is 4.66. The summed E-state index contributed by atoms with van der Waals surface area (Å²) in [6.07, 6.45) is 2.50. The molecule has 0 saturated carbocycles. The number of nitrogens with zero attached hydrogens (tertiary/aromatic N) is 1. The quantitative estimate of drug-likeness (QED) is 0.627. The zero-order valence-electron chi connectivity index (χ0n) is 16.2. The van der Waals surface area contributed by atoms with Crippen molar-refractivity contribution >= 4 is 23.1 Å². The summed E-state index contributed by atoms with van der Waals surface area (Å²) in [6.45, 7) is 2.09. The number of nitrogens with one attached hydrogen (secondary N) is 2. The summed E-state index contributed by atoms with van der Waals surface area (Å²) >= 11 is 0. The van der Waals surface area contributed by atoms with Gasteiger partial charge in [0.2, 0.25) is 0 Å². The maximum atomic E-state index is 12.4. The van der Waals surface area contributed by atoms with E-state index in [2.05, 4.69) is 22.5 Å². The van der Waals surface area contributed by atoms with E-state index in [0.717, 1.165) is 17.8 Å². The number of hydrogen-bond acceptors (Lipinski definition) is 5. The fourth-order valence-corrected chi connectivity index (χ4v) is 2.67. The highest BCUT2D eigenvalue weighted by molar-refractivity contribution is 6.04. The van der Waals surface area contributed by atoms with Crippen molar-refractivity contribution in [1.82, 2.24) is 4.98 Å². The molecule has 3 aromatic rings. The highest BCUT2D eigenvalue weighted by Crippen LogP contribution is 2.31. The van der Waals surface area contributed by atoms with Crippen LogP contribution in [-0.2, 0) is 6.42 Å². The SMILES string of the molecule is CCc1ccc(NC(=O)c2ccc(Nc3ccc(OC)cc3OC)nc2)cc1. The minimum atomic E-state index is -0.203. The monoisotopic (exact) mass is 377 g/mol. The summed E-state index contributed by atoms with van der Waals surface area (Å²) in [4.78, 5) is 16.7. The Hall–Kier alpha value is -3.54. The van der Waals surface area contributed by atoms with Crippen LogP contribution in [0.15, 0.2) is 60.8 Å². The molecule has 1 amide bonds. The van der Waals surface area contributed by atoms with Gasteiger partial charge in [-0.25, -0.2) is 4.98 Å². The third kappa shape index (κ3) is 4.59. The lowest BCUT2D eigenvalue weighted by Crippen LogP contribution is -2.12. The van der Waals surface area contributed by atoms with E-state index < -0.39 is 0 Å². The number of aromatic nitrogens is 1. The Labute approximate surface area is 164 Å². The average molecular weight is 377 g/mol. The summed E-state index contributed by atoms with van der Waals surface area (Å²) in [6, 6.07) is 16.7. The zero-order valence-corrected chi connectivity index (χ0v) is 16.2. The molecule has 1 aromatic heterocycles. The number of carbonyl (C=O) groups is 1. The fourth-order valence-electron chi connectivity index (χ4n) is 2.67. The number of carbonyl (C=O) groups excluding carboxylic acids is 1. The van der Waals surface area contributed by atoms with E-state index in [1.54, 1.807) is 32.4 Å². The largest absolute Gasteiger partial charge is 0.497 e. The Morgan fingerprint density at radius 1 is 1.00 bits per heavy atom. The number of aryl methyl sites for hydroxylation is 1. The maximum Gasteiger partial charge on any atom is 0.257 e. The minimum absolute atomic E-state index is 0.203. The Balaban J connectivity index is 1.68. The maximum absolute atomic E-state index is 12.4. The average Bonchev–Trinajstić information content (AvgIpc) is 2.75. The molecule has 1 heterocycles. The Kier molecular flexibility index (Phi) is 6.11. The molecule has 6 nitrogen and oxygen atoms in total. The van der Waals surface area contributed by atoms with Crippen molar-refractivity contribution < 1.29 is 14.3 Å². The van der Waals surface area contributed by atoms with Crippen molar-refractivity contribution in [2.24, 2.45) is 0 Å². The van der Waals surface area contributed by atoms with Gasteiger partial charge in [0, 0.05) is 18.0 Å². The fraction of sp³-hybridized carbons (Fsp3) is 0.182. The molecule has 144 valence electrons. The third-order valence-electron chi connectivity index (χ3n) is 4.32. The highest BCUT2D eigenvalue weighted by Gasteiger charge is 2.09. The molecule has 0 spiro atoms. The first kappa shape index (κ1) is 19.2. The molecule has 2 N–H and O–H groups in total. The number of benzene rings is 2. The number of rotatable bonds is 7. The predicted molar refractivity (Wildman–Crippen MR) is 111 cm³/mol. The molecule has 0 radical (unpaired) electrons. The van der Waals surface area contributed by atoms with Crippen LogP contribution < -0.4 is 20.1 Å². The molecule has 0 aliphatic carbocycles. The summed E-state index contributed by atoms with van der Waals surface area (Å²) in [5.74, 6) is 1.74. The van der Waals surface area contributed by atoms with Crippen LogP contribution in [-0.4, -0.2) is 25.1 Å². The second-order valence-electron chi connectivity index (χ2n) is 6.13. The van der Waals surface area contributed by atoms with E-state index in [1.165, 1.54) is 11.8 Å². The second-order valence-corrected chi connectivity index (χ2v) is 6.13. The molecule has 0 bridgehead atoms. The lowest BCUT2D eigenvalue weighted by Gasteiger charge is -2.12. The van der Waals surface area contributed by atoms with E-state index in [1.807, 2.05) is 36.4 Å². The van der Waals surface area contributed by atoms with E-state index in [-0.39, 0.29) is 5.91 Å². The number of methoxy groups -OCH3 is 2. The van der Waals surface area contributed by atoms with Gasteiger partial charge < -0.3 is 20.1 Å². The lowest BCUT2D eigenvalue weighted by atomic mass is 10.1. The van der Waals surface area contributed by atoms with Gasteiger partial charge >= 0.3 is 0 Å². The van der Waals surface area contributed by atoms with Gasteiger partial charge in [0.25, 0.3) is 5.91 Å². The van der Waals surface area contributed by atoms with Crippen LogP contribution in [0.5, 0.6) is 11.5 Å². The molecule has 0 unspecified atom stereocenters. The molecular weight excluding hydrogens is 354 g/mol. The van der Waals surface area contributed by atoms with Crippen molar-refractivity contribution in [3.05, 3.63) is 71.9 Å². The highest BCUT2D eigenvalue weighted by atomic mass is 16.5. The summed E-state index contributed by atoms with van der Waals surface area (Å²) in [5, 5.41) is 6.06. The van der Waals surface area contributed by atoms with Gasteiger partial charge in [0.05, 0.1) is 25.5 Å². The van der Waals surface area contributed by atoms with Gasteiger partial charge in [-0.3, -0.25) is 4.79 Å². The number of pyridine rings is 1. The van der Waals surface area contributed by atoms with E-state index in [4.69, 9.17) is 9.47 Å². The van der Waals surface area contributed by atoms with Crippen LogP contribution in [0.1, 0.15) is 22.8 Å². The van der Waals surface area contributed by atoms with Crippen LogP contribution in [0.2, 0.25) is 0 Å². The zero-order chi connectivity index (χ0) is 19.9. The molecule has 0 fully saturated rings. The minimum Gasteiger partial charge on any atom is -0.497 e. The van der Waals surface area contributed by atoms with Gasteiger partial charge in [-0.15, -0.1) is 0 Å². The molecule has 2 aromatic carbocycles. The summed E-state index contributed by atoms with van der Waals surface area (Å²) < 4.78 is 10.6. The van der Waals surface area contributed by atoms with Gasteiger partial charge in [-0.05, 0) is 48.4 Å². The normalized spacial score (nSPS) is 10.2. The van der Waals surface area contributed by atoms with E-state index in [0.29, 0.717) is 22.9 Å². The van der Waals surface area contributed by atoms with Crippen LogP contribution >= 0.6 is 0 Å². The number of ether oxygens (including phenoxy) is 2. The molecule has 28 heavy (non-hydrogen) atoms. The van der Waals surface area contributed by atoms with Crippen molar-refractivity contribution in [2.45, 2.75) is 13.3 Å². The molecule has 0 aliphatic heterocycles. The smallest absolute Gasteiger partial charge is 0.257 e. The van der Waals surface area contributed by atoms with Crippen LogP contribution in [0.25, 0.3) is 0 Å². The van der Waals surface area contributed by atoms with Gasteiger partial charge in [0.15, 0.2) is 0 Å². The second kappa shape index (κ2) is 8.90. The third-order valence-corrected chi connectivity index (χ3v) is 4.32. The Bertz CT molecular complexity index is 938. The molecular formula is C22H23N3O3. The molecule has 3 rings (SSSR count). The molecule has 0 atom stereocenters. The summed E-state index contributed by atoms with van der Waals surface area (Å²) in [5.41, 5.74) is 3.22. The van der Waals surface area contributed by atoms with Crippen molar-refractivity contribution in [2.75, 3.05) is 24.9 Å². The lowest BCUT2D eigenvalue weighted by molar-refractivity contribution is 0.102. The molecule has 6 heteroatoms. The number of hydrogen-bond donors (Lipinski definition) is 2. The Morgan fingerprint density at radius 2 is 1.79 bits per heavy atom. The first-order valence-corrected chi connectivity index (χ1v) is 8.98. The van der Waals surface area contributed by atoms with E-state index in [9.17, 15) is 4.79 Å². The van der Waals surface area contributed by atoms with Crippen LogP contribution in [0.3, 0.4) is 0 Å². The van der Waals surface area contributed by atoms with Crippen molar-refractivity contribution in [3.8, 4) is 11.5 Å². The first-order valence-electron chi connectivity index (χ1n) is 8.98. The number of amides is 1. The summed E-state index contributed by atoms with van der Waals surface area (Å²) in [7, 11) is 3.19. The van der Waals surface area contributed by atoms with Gasteiger partial charge in [-0.1, -0.05) is 19.1 Å². The first-order chi connectivity index (χ1) is 13.6. The van der Waals surface area contributed by atoms with Gasteiger partial charge in [0.1, 0.15) is 17.3 Å². The van der Waals surface area contributed by atoms with Crippen molar-refractivity contribution in [1.29, 1.82) is 0 Å². The van der Waals surface area contributed by atoms with Gasteiger partial charge in [-0.2, -0.15) is 0 Å². The number of anilines is 3. The van der Waals surface area contributed by atoms with Crippen LogP contribution in [0.4, 0.5) is 17.2 Å². The molecule has 0 aliphatic rings. The van der Waals surface area contributed by atoms with Crippen molar-refractivity contribution in [3.63, 3.8) is 0 Å². The van der Waals surface area contributed by atoms with E-state index >= 15 is 0 Å². The standard InChI is InChI=1S/C22H23N3O3/c1-4-15-5-8-17(9-6-15)24-22(26)16-7-12-21(23-14-16)25-19-11-10-18(27-2)13-20(19)28-3/h5-14H,4H2,1-3H3,(H,23,25)(H,24,26).